The Morgan fingerprint density at radius 2 is 2.21 bits per heavy atom. The van der Waals surface area contributed by atoms with Crippen LogP contribution in [0.1, 0.15) is 0 Å². The summed E-state index contributed by atoms with van der Waals surface area (Å²) >= 11 is 5.76. The third-order valence-electron chi connectivity index (χ3n) is 1.29. The second kappa shape index (κ2) is 4.05. The van der Waals surface area contributed by atoms with Crippen LogP contribution in [0.3, 0.4) is 0 Å². The van der Waals surface area contributed by atoms with Crippen molar-refractivity contribution in [2.24, 2.45) is 0 Å². The van der Waals surface area contributed by atoms with E-state index in [1.54, 1.807) is 0 Å². The Balaban J connectivity index is 3.16. The molecule has 0 atom stereocenters. The SMILES string of the molecule is O=C(O)Cn1nc(Br)c([N+](=O)[O-])c1Br. The van der Waals surface area contributed by atoms with Gasteiger partial charge in [0.05, 0.1) is 4.92 Å². The van der Waals surface area contributed by atoms with Gasteiger partial charge in [-0.2, -0.15) is 5.10 Å². The topological polar surface area (TPSA) is 98.3 Å². The van der Waals surface area contributed by atoms with E-state index in [9.17, 15) is 14.9 Å². The van der Waals surface area contributed by atoms with Crippen molar-refractivity contribution >= 4 is 43.5 Å². The summed E-state index contributed by atoms with van der Waals surface area (Å²) in [6, 6.07) is 0. The largest absolute Gasteiger partial charge is 0.480 e. The highest BCUT2D eigenvalue weighted by Crippen LogP contribution is 2.32. The predicted octanol–water partition coefficient (Wildman–Crippen LogP) is 1.40. The first-order chi connectivity index (χ1) is 6.43. The summed E-state index contributed by atoms with van der Waals surface area (Å²) in [5.41, 5.74) is -0.286. The highest BCUT2D eigenvalue weighted by molar-refractivity contribution is 9.11. The number of nitro groups is 1. The van der Waals surface area contributed by atoms with Crippen LogP contribution in [0.4, 0.5) is 5.69 Å². The molecule has 1 aromatic heterocycles. The molecule has 76 valence electrons. The molecule has 0 fully saturated rings. The molecule has 1 rings (SSSR count). The second-order valence-electron chi connectivity index (χ2n) is 2.24. The minimum Gasteiger partial charge on any atom is -0.480 e. The Bertz CT molecular complexity index is 402. The first-order valence-electron chi connectivity index (χ1n) is 3.21. The van der Waals surface area contributed by atoms with Crippen molar-refractivity contribution in [3.05, 3.63) is 19.3 Å². The van der Waals surface area contributed by atoms with Crippen LogP contribution in [0, 0.1) is 10.1 Å². The van der Waals surface area contributed by atoms with E-state index < -0.39 is 17.4 Å². The van der Waals surface area contributed by atoms with Gasteiger partial charge in [0.25, 0.3) is 0 Å². The number of nitrogens with zero attached hydrogens (tertiary/aromatic N) is 3. The lowest BCUT2D eigenvalue weighted by atomic mass is 10.6. The summed E-state index contributed by atoms with van der Waals surface area (Å²) in [6.45, 7) is -0.437. The van der Waals surface area contributed by atoms with Crippen LogP contribution < -0.4 is 0 Å². The molecule has 0 aliphatic heterocycles. The molecule has 0 saturated carbocycles. The summed E-state index contributed by atoms with van der Waals surface area (Å²) in [5.74, 6) is -1.13. The molecule has 1 aromatic rings. The Morgan fingerprint density at radius 3 is 2.57 bits per heavy atom. The fraction of sp³-hybridized carbons (Fsp3) is 0.200. The molecule has 1 heterocycles. The van der Waals surface area contributed by atoms with Gasteiger partial charge in [-0.25, -0.2) is 4.68 Å². The molecule has 1 N–H and O–H groups in total. The van der Waals surface area contributed by atoms with Crippen molar-refractivity contribution in [1.82, 2.24) is 9.78 Å². The Morgan fingerprint density at radius 1 is 1.64 bits per heavy atom. The van der Waals surface area contributed by atoms with E-state index in [0.29, 0.717) is 0 Å². The fourth-order valence-corrected chi connectivity index (χ4v) is 2.12. The van der Waals surface area contributed by atoms with E-state index in [4.69, 9.17) is 5.11 Å². The van der Waals surface area contributed by atoms with Crippen molar-refractivity contribution in [1.29, 1.82) is 0 Å². The summed E-state index contributed by atoms with van der Waals surface area (Å²) in [4.78, 5) is 20.2. The van der Waals surface area contributed by atoms with Gasteiger partial charge < -0.3 is 5.11 Å². The second-order valence-corrected chi connectivity index (χ2v) is 3.74. The molecular formula is C5H3Br2N3O4. The zero-order chi connectivity index (χ0) is 10.9. The van der Waals surface area contributed by atoms with Crippen molar-refractivity contribution in [3.63, 3.8) is 0 Å². The summed E-state index contributed by atoms with van der Waals surface area (Å²) < 4.78 is 0.997. The molecule has 0 amide bonds. The van der Waals surface area contributed by atoms with Gasteiger partial charge >= 0.3 is 11.7 Å². The van der Waals surface area contributed by atoms with Gasteiger partial charge in [-0.05, 0) is 31.9 Å². The lowest BCUT2D eigenvalue weighted by Crippen LogP contribution is -2.10. The molecule has 0 aromatic carbocycles. The molecule has 9 heteroatoms. The van der Waals surface area contributed by atoms with Crippen LogP contribution in [0.25, 0.3) is 0 Å². The van der Waals surface area contributed by atoms with Crippen LogP contribution in [-0.4, -0.2) is 25.8 Å². The lowest BCUT2D eigenvalue weighted by Gasteiger charge is -1.95. The molecule has 0 aliphatic carbocycles. The van der Waals surface area contributed by atoms with Crippen LogP contribution in [0.15, 0.2) is 9.21 Å². The average Bonchev–Trinajstić information content (AvgIpc) is 2.25. The Kier molecular flexibility index (Phi) is 3.21. The van der Waals surface area contributed by atoms with Crippen molar-refractivity contribution in [3.8, 4) is 0 Å². The zero-order valence-corrected chi connectivity index (χ0v) is 9.65. The monoisotopic (exact) mass is 327 g/mol. The number of aromatic nitrogens is 2. The molecular weight excluding hydrogens is 326 g/mol. The van der Waals surface area contributed by atoms with Crippen LogP contribution in [0.5, 0.6) is 0 Å². The predicted molar refractivity (Wildman–Crippen MR) is 51.9 cm³/mol. The van der Waals surface area contributed by atoms with E-state index in [0.717, 1.165) is 4.68 Å². The molecule has 0 aliphatic rings. The third-order valence-corrected chi connectivity index (χ3v) is 2.61. The van der Waals surface area contributed by atoms with Gasteiger partial charge in [-0.3, -0.25) is 14.9 Å². The van der Waals surface area contributed by atoms with Crippen LogP contribution in [-0.2, 0) is 11.3 Å². The Hall–Kier alpha value is -0.960. The zero-order valence-electron chi connectivity index (χ0n) is 6.48. The van der Waals surface area contributed by atoms with E-state index in [-0.39, 0.29) is 14.9 Å². The van der Waals surface area contributed by atoms with Gasteiger partial charge in [0.15, 0.2) is 4.60 Å². The number of carboxylic acids is 1. The summed E-state index contributed by atoms with van der Waals surface area (Å²) in [6.07, 6.45) is 0. The molecule has 0 bridgehead atoms. The summed E-state index contributed by atoms with van der Waals surface area (Å²) in [7, 11) is 0. The minimum absolute atomic E-state index is 0.00405. The molecule has 14 heavy (non-hydrogen) atoms. The maximum atomic E-state index is 10.5. The maximum Gasteiger partial charge on any atom is 0.335 e. The minimum atomic E-state index is -1.13. The highest BCUT2D eigenvalue weighted by atomic mass is 79.9. The fourth-order valence-electron chi connectivity index (χ4n) is 0.788. The number of carbonyl (C=O) groups is 1. The first kappa shape index (κ1) is 11.1. The number of rotatable bonds is 3. The molecule has 0 unspecified atom stereocenters. The molecule has 7 nitrogen and oxygen atoms in total. The van der Waals surface area contributed by atoms with E-state index in [1.807, 2.05) is 0 Å². The number of halogens is 2. The van der Waals surface area contributed by atoms with E-state index in [2.05, 4.69) is 37.0 Å². The molecule has 0 saturated heterocycles. The van der Waals surface area contributed by atoms with Crippen molar-refractivity contribution in [2.45, 2.75) is 6.54 Å². The Labute approximate surface area is 94.1 Å². The van der Waals surface area contributed by atoms with Gasteiger partial charge in [0, 0.05) is 0 Å². The number of hydrogen-bond acceptors (Lipinski definition) is 4. The van der Waals surface area contributed by atoms with Crippen LogP contribution in [0.2, 0.25) is 0 Å². The van der Waals surface area contributed by atoms with Crippen molar-refractivity contribution in [2.75, 3.05) is 0 Å². The van der Waals surface area contributed by atoms with E-state index in [1.165, 1.54) is 0 Å². The van der Waals surface area contributed by atoms with Gasteiger partial charge in [-0.1, -0.05) is 0 Å². The summed E-state index contributed by atoms with van der Waals surface area (Å²) in [5, 5.41) is 22.6. The molecule has 0 spiro atoms. The van der Waals surface area contributed by atoms with Gasteiger partial charge in [0.1, 0.15) is 6.54 Å². The smallest absolute Gasteiger partial charge is 0.335 e. The van der Waals surface area contributed by atoms with Gasteiger partial charge in [-0.15, -0.1) is 0 Å². The number of aliphatic carboxylic acids is 1. The lowest BCUT2D eigenvalue weighted by molar-refractivity contribution is -0.386. The normalized spacial score (nSPS) is 10.1. The number of carboxylic acid groups (broad SMARTS) is 1. The van der Waals surface area contributed by atoms with Gasteiger partial charge in [0.2, 0.25) is 4.60 Å². The highest BCUT2D eigenvalue weighted by Gasteiger charge is 2.25. The van der Waals surface area contributed by atoms with E-state index >= 15 is 0 Å². The first-order valence-corrected chi connectivity index (χ1v) is 4.80. The standard InChI is InChI=1S/C5H3Br2N3O4/c6-4-3(10(13)14)5(7)9(8-4)1-2(11)12/h1H2,(H,11,12). The number of hydrogen-bond donors (Lipinski definition) is 1. The maximum absolute atomic E-state index is 10.5. The third kappa shape index (κ3) is 2.10. The van der Waals surface area contributed by atoms with Crippen molar-refractivity contribution < 1.29 is 14.8 Å². The van der Waals surface area contributed by atoms with Crippen LogP contribution >= 0.6 is 31.9 Å². The quantitative estimate of drug-likeness (QED) is 0.668. The average molecular weight is 329 g/mol. The molecule has 0 radical (unpaired) electrons.